The first-order valence-electron chi connectivity index (χ1n) is 7.75. The first kappa shape index (κ1) is 15.5. The Morgan fingerprint density at radius 2 is 2.12 bits per heavy atom. The molecule has 0 atom stereocenters. The number of fused-ring (bicyclic) bond motifs is 1. The van der Waals surface area contributed by atoms with Crippen LogP contribution in [-0.4, -0.2) is 28.3 Å². The molecule has 0 bridgehead atoms. The lowest BCUT2D eigenvalue weighted by Gasteiger charge is -2.29. The van der Waals surface area contributed by atoms with Crippen LogP contribution in [0.3, 0.4) is 0 Å². The molecule has 1 aromatic carbocycles. The molecule has 0 spiro atoms. The molecule has 25 heavy (non-hydrogen) atoms. The molecule has 3 heterocycles. The van der Waals surface area contributed by atoms with Gasteiger partial charge in [-0.05, 0) is 24.3 Å². The number of benzene rings is 1. The van der Waals surface area contributed by atoms with E-state index < -0.39 is 0 Å². The third-order valence-electron chi connectivity index (χ3n) is 3.86. The number of para-hydroxylation sites is 2. The quantitative estimate of drug-likeness (QED) is 0.788. The summed E-state index contributed by atoms with van der Waals surface area (Å²) in [6, 6.07) is 11.1. The molecule has 2 aromatic heterocycles. The molecule has 1 aliphatic heterocycles. The number of aromatic nitrogens is 2. The summed E-state index contributed by atoms with van der Waals surface area (Å²) < 4.78 is 0. The second-order valence-corrected chi connectivity index (χ2v) is 6.47. The molecular formula is C18H14N4O2S. The molecule has 6 nitrogen and oxygen atoms in total. The van der Waals surface area contributed by atoms with Gasteiger partial charge in [0.15, 0.2) is 0 Å². The fraction of sp³-hybridized carbons (Fsp3) is 0.111. The number of hydrogen-bond acceptors (Lipinski definition) is 5. The number of hydrogen-bond donors (Lipinski definition) is 1. The van der Waals surface area contributed by atoms with Crippen molar-refractivity contribution in [3.8, 4) is 10.6 Å². The third-order valence-corrected chi connectivity index (χ3v) is 4.80. The van der Waals surface area contributed by atoms with Crippen molar-refractivity contribution in [2.45, 2.75) is 6.42 Å². The minimum Gasteiger partial charge on any atom is -0.323 e. The second kappa shape index (κ2) is 6.45. The van der Waals surface area contributed by atoms with E-state index in [4.69, 9.17) is 0 Å². The Morgan fingerprint density at radius 3 is 2.96 bits per heavy atom. The van der Waals surface area contributed by atoms with Gasteiger partial charge in [0.1, 0.15) is 11.6 Å². The maximum atomic E-state index is 12.7. The summed E-state index contributed by atoms with van der Waals surface area (Å²) in [4.78, 5) is 34.7. The number of pyridine rings is 1. The highest BCUT2D eigenvalue weighted by molar-refractivity contribution is 7.13. The molecule has 0 saturated heterocycles. The molecule has 1 N–H and O–H groups in total. The van der Waals surface area contributed by atoms with Crippen molar-refractivity contribution in [2.75, 3.05) is 16.8 Å². The van der Waals surface area contributed by atoms with E-state index in [0.29, 0.717) is 11.4 Å². The van der Waals surface area contributed by atoms with Gasteiger partial charge in [0.05, 0.1) is 23.5 Å². The van der Waals surface area contributed by atoms with Gasteiger partial charge in [0, 0.05) is 23.3 Å². The van der Waals surface area contributed by atoms with Gasteiger partial charge in [0.25, 0.3) is 0 Å². The zero-order valence-electron chi connectivity index (χ0n) is 13.2. The van der Waals surface area contributed by atoms with Crippen molar-refractivity contribution in [2.24, 2.45) is 0 Å². The van der Waals surface area contributed by atoms with Crippen molar-refractivity contribution >= 4 is 34.5 Å². The maximum absolute atomic E-state index is 12.7. The van der Waals surface area contributed by atoms with Crippen molar-refractivity contribution in [3.63, 3.8) is 0 Å². The zero-order chi connectivity index (χ0) is 17.2. The Morgan fingerprint density at radius 1 is 1.24 bits per heavy atom. The molecule has 0 aliphatic carbocycles. The van der Waals surface area contributed by atoms with Crippen LogP contribution in [0.1, 0.15) is 5.69 Å². The summed E-state index contributed by atoms with van der Waals surface area (Å²) in [5.74, 6) is -0.341. The number of rotatable bonds is 3. The van der Waals surface area contributed by atoms with Crippen LogP contribution in [-0.2, 0) is 16.0 Å². The number of nitrogens with zero attached hydrogens (tertiary/aromatic N) is 3. The lowest BCUT2D eigenvalue weighted by atomic mass is 10.1. The Hall–Kier alpha value is -3.06. The number of carbonyl (C=O) groups is 2. The Kier molecular flexibility index (Phi) is 3.99. The molecule has 7 heteroatoms. The normalized spacial score (nSPS) is 13.3. The number of anilines is 2. The highest BCUT2D eigenvalue weighted by Crippen LogP contribution is 2.30. The SMILES string of the molecule is O=C1CN(C(=O)Cc2csc(-c3cccnc3)n2)c2ccccc2N1. The summed E-state index contributed by atoms with van der Waals surface area (Å²) in [5, 5.41) is 5.48. The monoisotopic (exact) mass is 350 g/mol. The van der Waals surface area contributed by atoms with Crippen LogP contribution < -0.4 is 10.2 Å². The first-order chi connectivity index (χ1) is 12.2. The predicted molar refractivity (Wildman–Crippen MR) is 96.5 cm³/mol. The van der Waals surface area contributed by atoms with Crippen LogP contribution in [0.2, 0.25) is 0 Å². The zero-order valence-corrected chi connectivity index (χ0v) is 14.0. The Labute approximate surface area is 148 Å². The summed E-state index contributed by atoms with van der Waals surface area (Å²) in [6.45, 7) is 0.0233. The van der Waals surface area contributed by atoms with Gasteiger partial charge in [-0.3, -0.25) is 14.6 Å². The lowest BCUT2D eigenvalue weighted by Crippen LogP contribution is -2.42. The molecular weight excluding hydrogens is 336 g/mol. The topological polar surface area (TPSA) is 75.2 Å². The van der Waals surface area contributed by atoms with E-state index in [1.54, 1.807) is 18.5 Å². The van der Waals surface area contributed by atoms with Crippen LogP contribution in [0, 0.1) is 0 Å². The van der Waals surface area contributed by atoms with Gasteiger partial charge in [0.2, 0.25) is 11.8 Å². The van der Waals surface area contributed by atoms with Gasteiger partial charge in [-0.25, -0.2) is 4.98 Å². The Balaban J connectivity index is 1.55. The van der Waals surface area contributed by atoms with Crippen LogP contribution in [0.15, 0.2) is 54.2 Å². The average Bonchev–Trinajstić information content (AvgIpc) is 3.10. The predicted octanol–water partition coefficient (Wildman–Crippen LogP) is 2.73. The maximum Gasteiger partial charge on any atom is 0.244 e. The minimum absolute atomic E-state index is 0.0233. The number of amides is 2. The fourth-order valence-corrected chi connectivity index (χ4v) is 3.53. The van der Waals surface area contributed by atoms with E-state index in [0.717, 1.165) is 16.3 Å². The molecule has 1 aliphatic rings. The van der Waals surface area contributed by atoms with Gasteiger partial charge in [-0.15, -0.1) is 11.3 Å². The molecule has 0 saturated carbocycles. The summed E-state index contributed by atoms with van der Waals surface area (Å²) >= 11 is 1.48. The minimum atomic E-state index is -0.193. The van der Waals surface area contributed by atoms with E-state index in [-0.39, 0.29) is 24.8 Å². The highest BCUT2D eigenvalue weighted by Gasteiger charge is 2.27. The fourth-order valence-electron chi connectivity index (χ4n) is 2.72. The van der Waals surface area contributed by atoms with Gasteiger partial charge in [-0.1, -0.05) is 12.1 Å². The van der Waals surface area contributed by atoms with Crippen LogP contribution >= 0.6 is 11.3 Å². The van der Waals surface area contributed by atoms with Crippen LogP contribution in [0.25, 0.3) is 10.6 Å². The molecule has 0 fully saturated rings. The first-order valence-corrected chi connectivity index (χ1v) is 8.63. The summed E-state index contributed by atoms with van der Waals surface area (Å²) in [7, 11) is 0. The molecule has 124 valence electrons. The van der Waals surface area contributed by atoms with Crippen molar-refractivity contribution in [3.05, 3.63) is 59.9 Å². The summed E-state index contributed by atoms with van der Waals surface area (Å²) in [6.07, 6.45) is 3.61. The second-order valence-electron chi connectivity index (χ2n) is 5.61. The Bertz CT molecular complexity index is 939. The molecule has 0 unspecified atom stereocenters. The van der Waals surface area contributed by atoms with E-state index in [2.05, 4.69) is 15.3 Å². The molecule has 2 amide bonds. The van der Waals surface area contributed by atoms with Crippen LogP contribution in [0.5, 0.6) is 0 Å². The molecule has 4 rings (SSSR count). The standard InChI is InChI=1S/C18H14N4O2S/c23-16-10-22(15-6-2-1-5-14(15)21-16)17(24)8-13-11-25-18(20-13)12-4-3-7-19-9-12/h1-7,9,11H,8,10H2,(H,21,23). The van der Waals surface area contributed by atoms with Gasteiger partial charge >= 0.3 is 0 Å². The van der Waals surface area contributed by atoms with Gasteiger partial charge in [-0.2, -0.15) is 0 Å². The van der Waals surface area contributed by atoms with E-state index in [1.807, 2.05) is 35.7 Å². The van der Waals surface area contributed by atoms with Crippen molar-refractivity contribution in [1.82, 2.24) is 9.97 Å². The van der Waals surface area contributed by atoms with Crippen LogP contribution in [0.4, 0.5) is 11.4 Å². The summed E-state index contributed by atoms with van der Waals surface area (Å²) in [5.41, 5.74) is 2.99. The number of nitrogens with one attached hydrogen (secondary N) is 1. The van der Waals surface area contributed by atoms with E-state index in [1.165, 1.54) is 16.2 Å². The molecule has 0 radical (unpaired) electrons. The number of thiazole rings is 1. The van der Waals surface area contributed by atoms with E-state index >= 15 is 0 Å². The molecule has 3 aromatic rings. The largest absolute Gasteiger partial charge is 0.323 e. The number of carbonyl (C=O) groups excluding carboxylic acids is 2. The van der Waals surface area contributed by atoms with Crippen molar-refractivity contribution in [1.29, 1.82) is 0 Å². The third kappa shape index (κ3) is 3.14. The lowest BCUT2D eigenvalue weighted by molar-refractivity contribution is -0.121. The van der Waals surface area contributed by atoms with E-state index in [9.17, 15) is 9.59 Å². The smallest absolute Gasteiger partial charge is 0.244 e. The van der Waals surface area contributed by atoms with Gasteiger partial charge < -0.3 is 10.2 Å². The average molecular weight is 350 g/mol. The van der Waals surface area contributed by atoms with Crippen molar-refractivity contribution < 1.29 is 9.59 Å². The highest BCUT2D eigenvalue weighted by atomic mass is 32.1.